The van der Waals surface area contributed by atoms with Crippen LogP contribution in [0.15, 0.2) is 36.4 Å². The van der Waals surface area contributed by atoms with Crippen LogP contribution in [0.5, 0.6) is 5.75 Å². The SMILES string of the molecule is COc1ccc(N2CCN(C(=O)CCC(=O)c3ccc(C)s3)CC2)cc1. The predicted molar refractivity (Wildman–Crippen MR) is 104 cm³/mol. The van der Waals surface area contributed by atoms with Crippen molar-refractivity contribution in [2.45, 2.75) is 19.8 Å². The van der Waals surface area contributed by atoms with Crippen LogP contribution in [0.25, 0.3) is 0 Å². The van der Waals surface area contributed by atoms with E-state index in [0.717, 1.165) is 34.3 Å². The summed E-state index contributed by atoms with van der Waals surface area (Å²) in [6.07, 6.45) is 0.579. The molecule has 26 heavy (non-hydrogen) atoms. The number of carbonyl (C=O) groups excluding carboxylic acids is 2. The number of aryl methyl sites for hydroxylation is 1. The molecule has 1 aromatic carbocycles. The molecule has 0 atom stereocenters. The second kappa shape index (κ2) is 8.36. The number of anilines is 1. The second-order valence-corrected chi connectivity index (χ2v) is 7.69. The fourth-order valence-electron chi connectivity index (χ4n) is 3.09. The zero-order valence-electron chi connectivity index (χ0n) is 15.2. The van der Waals surface area contributed by atoms with E-state index in [2.05, 4.69) is 4.90 Å². The largest absolute Gasteiger partial charge is 0.497 e. The molecule has 1 fully saturated rings. The number of thiophene rings is 1. The molecule has 1 amide bonds. The van der Waals surface area contributed by atoms with Crippen LogP contribution in [-0.2, 0) is 4.79 Å². The first-order chi connectivity index (χ1) is 12.6. The van der Waals surface area contributed by atoms with Crippen LogP contribution >= 0.6 is 11.3 Å². The van der Waals surface area contributed by atoms with Gasteiger partial charge < -0.3 is 14.5 Å². The zero-order valence-corrected chi connectivity index (χ0v) is 16.1. The number of ketones is 1. The van der Waals surface area contributed by atoms with Crippen molar-refractivity contribution in [1.29, 1.82) is 0 Å². The Bertz CT molecular complexity index is 762. The number of piperazine rings is 1. The van der Waals surface area contributed by atoms with E-state index < -0.39 is 0 Å². The molecule has 0 spiro atoms. The third-order valence-corrected chi connectivity index (χ3v) is 5.69. The Morgan fingerprint density at radius 3 is 2.27 bits per heavy atom. The van der Waals surface area contributed by atoms with Gasteiger partial charge in [0.1, 0.15) is 5.75 Å². The number of hydrogen-bond donors (Lipinski definition) is 0. The Balaban J connectivity index is 1.46. The first kappa shape index (κ1) is 18.5. The minimum Gasteiger partial charge on any atom is -0.497 e. The number of rotatable bonds is 6. The van der Waals surface area contributed by atoms with E-state index in [-0.39, 0.29) is 24.5 Å². The summed E-state index contributed by atoms with van der Waals surface area (Å²) in [5.74, 6) is 0.975. The molecule has 2 heterocycles. The first-order valence-corrected chi connectivity index (χ1v) is 9.65. The van der Waals surface area contributed by atoms with Crippen molar-refractivity contribution in [2.24, 2.45) is 0 Å². The lowest BCUT2D eigenvalue weighted by atomic mass is 10.1. The van der Waals surface area contributed by atoms with E-state index in [4.69, 9.17) is 4.74 Å². The van der Waals surface area contributed by atoms with Crippen molar-refractivity contribution in [3.8, 4) is 5.75 Å². The molecule has 0 bridgehead atoms. The van der Waals surface area contributed by atoms with Crippen molar-refractivity contribution in [3.63, 3.8) is 0 Å². The van der Waals surface area contributed by atoms with Gasteiger partial charge >= 0.3 is 0 Å². The number of ether oxygens (including phenoxy) is 1. The molecule has 0 saturated carbocycles. The van der Waals surface area contributed by atoms with Crippen LogP contribution in [0.2, 0.25) is 0 Å². The standard InChI is InChI=1S/C20H24N2O3S/c1-15-3-9-19(26-15)18(23)8-10-20(24)22-13-11-21(12-14-22)16-4-6-17(25-2)7-5-16/h3-7,9H,8,10-14H2,1-2H3. The average molecular weight is 372 g/mol. The third kappa shape index (κ3) is 4.43. The Morgan fingerprint density at radius 1 is 1.00 bits per heavy atom. The smallest absolute Gasteiger partial charge is 0.223 e. The van der Waals surface area contributed by atoms with Gasteiger partial charge in [0, 0.05) is 49.6 Å². The van der Waals surface area contributed by atoms with Crippen molar-refractivity contribution in [2.75, 3.05) is 38.2 Å². The molecular weight excluding hydrogens is 348 g/mol. The van der Waals surface area contributed by atoms with Crippen LogP contribution < -0.4 is 9.64 Å². The molecule has 1 aliphatic rings. The molecule has 1 aliphatic heterocycles. The zero-order chi connectivity index (χ0) is 18.5. The van der Waals surface area contributed by atoms with Gasteiger partial charge in [-0.3, -0.25) is 9.59 Å². The van der Waals surface area contributed by atoms with E-state index in [1.165, 1.54) is 11.3 Å². The molecule has 0 aliphatic carbocycles. The number of methoxy groups -OCH3 is 1. The van der Waals surface area contributed by atoms with Crippen molar-refractivity contribution < 1.29 is 14.3 Å². The Kier molecular flexibility index (Phi) is 5.93. The maximum Gasteiger partial charge on any atom is 0.223 e. The van der Waals surface area contributed by atoms with E-state index in [1.54, 1.807) is 7.11 Å². The fourth-order valence-corrected chi connectivity index (χ4v) is 3.93. The van der Waals surface area contributed by atoms with E-state index in [0.29, 0.717) is 13.1 Å². The lowest BCUT2D eigenvalue weighted by Gasteiger charge is -2.36. The molecule has 0 N–H and O–H groups in total. The van der Waals surface area contributed by atoms with E-state index >= 15 is 0 Å². The second-order valence-electron chi connectivity index (χ2n) is 6.40. The Hall–Kier alpha value is -2.34. The molecular formula is C20H24N2O3S. The third-order valence-electron chi connectivity index (χ3n) is 4.65. The van der Waals surface area contributed by atoms with Gasteiger partial charge in [-0.15, -0.1) is 11.3 Å². The summed E-state index contributed by atoms with van der Waals surface area (Å²) >= 11 is 1.49. The van der Waals surface area contributed by atoms with Gasteiger partial charge in [0.05, 0.1) is 12.0 Å². The lowest BCUT2D eigenvalue weighted by Crippen LogP contribution is -2.48. The van der Waals surface area contributed by atoms with Gasteiger partial charge in [-0.05, 0) is 43.3 Å². The van der Waals surface area contributed by atoms with Crippen LogP contribution in [-0.4, -0.2) is 49.9 Å². The summed E-state index contributed by atoms with van der Waals surface area (Å²) < 4.78 is 5.19. The van der Waals surface area contributed by atoms with Crippen LogP contribution in [0.3, 0.4) is 0 Å². The molecule has 2 aromatic rings. The summed E-state index contributed by atoms with van der Waals surface area (Å²) in [5, 5.41) is 0. The van der Waals surface area contributed by atoms with Gasteiger partial charge in [-0.2, -0.15) is 0 Å². The summed E-state index contributed by atoms with van der Waals surface area (Å²) in [4.78, 5) is 30.6. The van der Waals surface area contributed by atoms with Crippen LogP contribution in [0.1, 0.15) is 27.4 Å². The first-order valence-electron chi connectivity index (χ1n) is 8.83. The van der Waals surface area contributed by atoms with E-state index in [1.807, 2.05) is 48.2 Å². The number of amides is 1. The normalized spacial score (nSPS) is 14.4. The van der Waals surface area contributed by atoms with Crippen molar-refractivity contribution in [1.82, 2.24) is 4.90 Å². The molecule has 6 heteroatoms. The maximum absolute atomic E-state index is 12.4. The quantitative estimate of drug-likeness (QED) is 0.730. The molecule has 1 aromatic heterocycles. The van der Waals surface area contributed by atoms with E-state index in [9.17, 15) is 9.59 Å². The highest BCUT2D eigenvalue weighted by Gasteiger charge is 2.22. The minimum atomic E-state index is 0.0633. The molecule has 0 radical (unpaired) electrons. The van der Waals surface area contributed by atoms with Gasteiger partial charge in [-0.25, -0.2) is 0 Å². The summed E-state index contributed by atoms with van der Waals surface area (Å²) in [7, 11) is 1.66. The summed E-state index contributed by atoms with van der Waals surface area (Å²) in [5.41, 5.74) is 1.14. The molecule has 1 saturated heterocycles. The van der Waals surface area contributed by atoms with Gasteiger partial charge in [0.2, 0.25) is 5.91 Å². The molecule has 138 valence electrons. The van der Waals surface area contributed by atoms with Gasteiger partial charge in [0.15, 0.2) is 5.78 Å². The topological polar surface area (TPSA) is 49.9 Å². The average Bonchev–Trinajstić information content (AvgIpc) is 3.12. The number of hydrogen-bond acceptors (Lipinski definition) is 5. The minimum absolute atomic E-state index is 0.0633. The van der Waals surface area contributed by atoms with Crippen molar-refractivity contribution in [3.05, 3.63) is 46.2 Å². The molecule has 3 rings (SSSR count). The highest BCUT2D eigenvalue weighted by Crippen LogP contribution is 2.21. The van der Waals surface area contributed by atoms with Gasteiger partial charge in [-0.1, -0.05) is 0 Å². The Labute approximate surface area is 158 Å². The van der Waals surface area contributed by atoms with Crippen molar-refractivity contribution >= 4 is 28.7 Å². The fraction of sp³-hybridized carbons (Fsp3) is 0.400. The summed E-state index contributed by atoms with van der Waals surface area (Å²) in [6.45, 7) is 4.97. The highest BCUT2D eigenvalue weighted by molar-refractivity contribution is 7.14. The number of Topliss-reactive ketones (excluding diaryl/α,β-unsaturated/α-hetero) is 1. The monoisotopic (exact) mass is 372 g/mol. The number of benzene rings is 1. The molecule has 0 unspecified atom stereocenters. The van der Waals surface area contributed by atoms with Crippen LogP contribution in [0, 0.1) is 6.92 Å². The maximum atomic E-state index is 12.4. The number of nitrogens with zero attached hydrogens (tertiary/aromatic N) is 2. The molecule has 5 nitrogen and oxygen atoms in total. The summed E-state index contributed by atoms with van der Waals surface area (Å²) in [6, 6.07) is 11.8. The van der Waals surface area contributed by atoms with Crippen LogP contribution in [0.4, 0.5) is 5.69 Å². The highest BCUT2D eigenvalue weighted by atomic mass is 32.1. The predicted octanol–water partition coefficient (Wildman–Crippen LogP) is 3.38. The van der Waals surface area contributed by atoms with Gasteiger partial charge in [0.25, 0.3) is 0 Å². The number of carbonyl (C=O) groups is 2. The lowest BCUT2D eigenvalue weighted by molar-refractivity contribution is -0.131. The Morgan fingerprint density at radius 2 is 1.69 bits per heavy atom.